The van der Waals surface area contributed by atoms with E-state index in [1.807, 2.05) is 20.8 Å². The highest BCUT2D eigenvalue weighted by atomic mass is 16.9. The van der Waals surface area contributed by atoms with Gasteiger partial charge in [-0.15, -0.1) is 0 Å². The van der Waals surface area contributed by atoms with Gasteiger partial charge < -0.3 is 14.2 Å². The third kappa shape index (κ3) is 2.10. The molecule has 0 amide bonds. The summed E-state index contributed by atoms with van der Waals surface area (Å²) in [5.41, 5.74) is 0.0506. The number of hydrogen-bond donors (Lipinski definition) is 0. The van der Waals surface area contributed by atoms with Gasteiger partial charge in [0.1, 0.15) is 0 Å². The first-order valence-corrected chi connectivity index (χ1v) is 5.56. The smallest absolute Gasteiger partial charge is 0.288 e. The predicted octanol–water partition coefficient (Wildman–Crippen LogP) is 2.55. The maximum atomic E-state index is 5.69. The van der Waals surface area contributed by atoms with Gasteiger partial charge >= 0.3 is 0 Å². The molecular weight excluding hydrogens is 180 g/mol. The van der Waals surface area contributed by atoms with Gasteiger partial charge in [0.2, 0.25) is 0 Å². The molecule has 3 nitrogen and oxygen atoms in total. The minimum Gasteiger partial charge on any atom is -0.327 e. The van der Waals surface area contributed by atoms with Crippen LogP contribution in [-0.4, -0.2) is 25.8 Å². The molecule has 14 heavy (non-hydrogen) atoms. The Morgan fingerprint density at radius 3 is 1.50 bits per heavy atom. The Hall–Kier alpha value is -0.120. The van der Waals surface area contributed by atoms with E-state index >= 15 is 0 Å². The summed E-state index contributed by atoms with van der Waals surface area (Å²) in [5, 5.41) is 0. The lowest BCUT2D eigenvalue weighted by Gasteiger charge is -2.37. The van der Waals surface area contributed by atoms with Gasteiger partial charge in [-0.1, -0.05) is 6.92 Å². The third-order valence-electron chi connectivity index (χ3n) is 2.74. The van der Waals surface area contributed by atoms with E-state index in [2.05, 4.69) is 6.92 Å². The molecule has 0 radical (unpaired) electrons. The zero-order valence-electron chi connectivity index (χ0n) is 9.76. The van der Waals surface area contributed by atoms with Crippen LogP contribution in [0.5, 0.6) is 0 Å². The summed E-state index contributed by atoms with van der Waals surface area (Å²) in [6, 6.07) is 0. The Balaban J connectivity index is 2.72. The van der Waals surface area contributed by atoms with Crippen LogP contribution in [0.25, 0.3) is 0 Å². The lowest BCUT2D eigenvalue weighted by atomic mass is 10.1. The fourth-order valence-electron chi connectivity index (χ4n) is 1.71. The average Bonchev–Trinajstić information content (AvgIpc) is 2.86. The number of rotatable bonds is 7. The summed E-state index contributed by atoms with van der Waals surface area (Å²) in [6.45, 7) is 9.93. The SMILES string of the molecule is CCOC(OCC)(OCC)C1(C)CC1. The van der Waals surface area contributed by atoms with Crippen molar-refractivity contribution in [2.45, 2.75) is 46.5 Å². The van der Waals surface area contributed by atoms with E-state index in [0.29, 0.717) is 19.8 Å². The zero-order chi connectivity index (χ0) is 10.7. The molecule has 1 aliphatic carbocycles. The van der Waals surface area contributed by atoms with Gasteiger partial charge in [-0.2, -0.15) is 0 Å². The molecule has 0 aromatic rings. The summed E-state index contributed by atoms with van der Waals surface area (Å²) >= 11 is 0. The van der Waals surface area contributed by atoms with Crippen LogP contribution in [0.1, 0.15) is 40.5 Å². The molecule has 1 aliphatic rings. The van der Waals surface area contributed by atoms with Crippen LogP contribution in [0.2, 0.25) is 0 Å². The zero-order valence-corrected chi connectivity index (χ0v) is 9.76. The fourth-order valence-corrected chi connectivity index (χ4v) is 1.71. The molecule has 0 heterocycles. The highest BCUT2D eigenvalue weighted by Gasteiger charge is 2.59. The molecule has 0 spiro atoms. The average molecular weight is 202 g/mol. The van der Waals surface area contributed by atoms with E-state index in [-0.39, 0.29) is 5.41 Å². The van der Waals surface area contributed by atoms with Gasteiger partial charge in [-0.05, 0) is 33.6 Å². The molecule has 0 unspecified atom stereocenters. The van der Waals surface area contributed by atoms with E-state index < -0.39 is 5.97 Å². The van der Waals surface area contributed by atoms with Gasteiger partial charge in [0.05, 0.1) is 0 Å². The Morgan fingerprint density at radius 2 is 1.29 bits per heavy atom. The van der Waals surface area contributed by atoms with E-state index in [1.54, 1.807) is 0 Å². The number of ether oxygens (including phenoxy) is 3. The summed E-state index contributed by atoms with van der Waals surface area (Å²) in [4.78, 5) is 0. The van der Waals surface area contributed by atoms with E-state index in [4.69, 9.17) is 14.2 Å². The first-order chi connectivity index (χ1) is 6.64. The molecule has 3 heteroatoms. The predicted molar refractivity (Wildman–Crippen MR) is 55.0 cm³/mol. The van der Waals surface area contributed by atoms with Crippen molar-refractivity contribution in [3.63, 3.8) is 0 Å². The molecule has 0 aromatic heterocycles. The second kappa shape index (κ2) is 4.60. The van der Waals surface area contributed by atoms with Crippen molar-refractivity contribution in [1.82, 2.24) is 0 Å². The van der Waals surface area contributed by atoms with Crippen LogP contribution < -0.4 is 0 Å². The molecule has 0 bridgehead atoms. The van der Waals surface area contributed by atoms with E-state index in [0.717, 1.165) is 12.8 Å². The minimum atomic E-state index is -0.800. The molecular formula is C11H22O3. The topological polar surface area (TPSA) is 27.7 Å². The quantitative estimate of drug-likeness (QED) is 0.594. The lowest BCUT2D eigenvalue weighted by Crippen LogP contribution is -2.47. The first-order valence-electron chi connectivity index (χ1n) is 5.56. The van der Waals surface area contributed by atoms with Crippen molar-refractivity contribution in [2.24, 2.45) is 5.41 Å². The van der Waals surface area contributed by atoms with E-state index in [9.17, 15) is 0 Å². The molecule has 1 saturated carbocycles. The summed E-state index contributed by atoms with van der Waals surface area (Å²) in [5.74, 6) is -0.800. The van der Waals surface area contributed by atoms with Crippen molar-refractivity contribution in [1.29, 1.82) is 0 Å². The Labute approximate surface area is 86.7 Å². The van der Waals surface area contributed by atoms with Gasteiger partial charge in [0.25, 0.3) is 5.97 Å². The van der Waals surface area contributed by atoms with Gasteiger partial charge in [-0.25, -0.2) is 0 Å². The van der Waals surface area contributed by atoms with Gasteiger partial charge in [0.15, 0.2) is 0 Å². The Morgan fingerprint density at radius 1 is 0.929 bits per heavy atom. The number of hydrogen-bond acceptors (Lipinski definition) is 3. The van der Waals surface area contributed by atoms with Crippen LogP contribution in [-0.2, 0) is 14.2 Å². The van der Waals surface area contributed by atoms with Crippen molar-refractivity contribution in [2.75, 3.05) is 19.8 Å². The molecule has 0 saturated heterocycles. The largest absolute Gasteiger partial charge is 0.327 e. The fraction of sp³-hybridized carbons (Fsp3) is 1.00. The van der Waals surface area contributed by atoms with Crippen LogP contribution >= 0.6 is 0 Å². The molecule has 0 atom stereocenters. The monoisotopic (exact) mass is 202 g/mol. The Bertz CT molecular complexity index is 158. The van der Waals surface area contributed by atoms with Crippen LogP contribution in [0, 0.1) is 5.41 Å². The van der Waals surface area contributed by atoms with Crippen LogP contribution in [0.15, 0.2) is 0 Å². The lowest BCUT2D eigenvalue weighted by molar-refractivity contribution is -0.407. The highest BCUT2D eigenvalue weighted by Crippen LogP contribution is 2.56. The molecule has 0 aromatic carbocycles. The standard InChI is InChI=1S/C11H22O3/c1-5-12-11(13-6-2,14-7-3)10(4)8-9-10/h5-9H2,1-4H3. The van der Waals surface area contributed by atoms with E-state index in [1.165, 1.54) is 0 Å². The summed E-state index contributed by atoms with van der Waals surface area (Å²) in [7, 11) is 0. The first kappa shape index (κ1) is 12.0. The van der Waals surface area contributed by atoms with Crippen LogP contribution in [0.3, 0.4) is 0 Å². The maximum absolute atomic E-state index is 5.69. The van der Waals surface area contributed by atoms with Crippen molar-refractivity contribution < 1.29 is 14.2 Å². The molecule has 0 aliphatic heterocycles. The molecule has 0 N–H and O–H groups in total. The molecule has 1 rings (SSSR count). The normalized spacial score (nSPS) is 19.7. The maximum Gasteiger partial charge on any atom is 0.288 e. The van der Waals surface area contributed by atoms with Crippen molar-refractivity contribution >= 4 is 0 Å². The third-order valence-corrected chi connectivity index (χ3v) is 2.74. The van der Waals surface area contributed by atoms with Crippen molar-refractivity contribution in [3.8, 4) is 0 Å². The molecule has 84 valence electrons. The van der Waals surface area contributed by atoms with Crippen LogP contribution in [0.4, 0.5) is 0 Å². The van der Waals surface area contributed by atoms with Crippen molar-refractivity contribution in [3.05, 3.63) is 0 Å². The van der Waals surface area contributed by atoms with Gasteiger partial charge in [0, 0.05) is 25.2 Å². The second-order valence-electron chi connectivity index (χ2n) is 3.92. The van der Waals surface area contributed by atoms with Gasteiger partial charge in [-0.3, -0.25) is 0 Å². The minimum absolute atomic E-state index is 0.0506. The Kier molecular flexibility index (Phi) is 3.93. The summed E-state index contributed by atoms with van der Waals surface area (Å²) in [6.07, 6.45) is 2.24. The second-order valence-corrected chi connectivity index (χ2v) is 3.92. The summed E-state index contributed by atoms with van der Waals surface area (Å²) < 4.78 is 17.1. The molecule has 1 fully saturated rings. The highest BCUT2D eigenvalue weighted by molar-refractivity contribution is 4.97.